The van der Waals surface area contributed by atoms with Crippen LogP contribution in [0.15, 0.2) is 24.3 Å². The number of hydrogen-bond donors (Lipinski definition) is 0. The van der Waals surface area contributed by atoms with Crippen molar-refractivity contribution in [1.82, 2.24) is 4.90 Å². The molecule has 84 valence electrons. The van der Waals surface area contributed by atoms with Gasteiger partial charge in [0.15, 0.2) is 0 Å². The van der Waals surface area contributed by atoms with E-state index in [0.717, 1.165) is 18.6 Å². The zero-order valence-electron chi connectivity index (χ0n) is 8.48. The normalized spacial score (nSPS) is 14.2. The molecule has 0 saturated carbocycles. The highest BCUT2D eigenvalue weighted by Crippen LogP contribution is 2.10. The molecule has 1 aromatic carbocycles. The van der Waals surface area contributed by atoms with E-state index in [4.69, 9.17) is 0 Å². The van der Waals surface area contributed by atoms with Gasteiger partial charge in [0, 0.05) is 13.1 Å². The minimum Gasteiger partial charge on any atom is -0.372 e. The Bertz CT molecular complexity index is 412. The lowest BCUT2D eigenvalue weighted by Gasteiger charge is -2.29. The highest BCUT2D eigenvalue weighted by molar-refractivity contribution is 5.96. The summed E-state index contributed by atoms with van der Waals surface area (Å²) in [6.45, 7) is 1.24. The standard InChI is InChI=1S/C11H10FNO3/c12-9-4-2-8(3-5-9)10(14)16-11(15)13-6-1-7-13/h2-5H,1,6-7H2. The average molecular weight is 223 g/mol. The van der Waals surface area contributed by atoms with E-state index in [1.165, 1.54) is 17.0 Å². The Balaban J connectivity index is 1.97. The highest BCUT2D eigenvalue weighted by Gasteiger charge is 2.24. The summed E-state index contributed by atoms with van der Waals surface area (Å²) in [5, 5.41) is 0. The number of hydrogen-bond acceptors (Lipinski definition) is 3. The quantitative estimate of drug-likeness (QED) is 0.538. The number of rotatable bonds is 1. The van der Waals surface area contributed by atoms with Gasteiger partial charge in [-0.2, -0.15) is 0 Å². The van der Waals surface area contributed by atoms with Crippen LogP contribution in [0.1, 0.15) is 16.8 Å². The summed E-state index contributed by atoms with van der Waals surface area (Å²) in [5.41, 5.74) is 0.162. The lowest BCUT2D eigenvalue weighted by atomic mass is 10.2. The summed E-state index contributed by atoms with van der Waals surface area (Å²) in [4.78, 5) is 24.1. The zero-order chi connectivity index (χ0) is 11.5. The van der Waals surface area contributed by atoms with Gasteiger partial charge in [0.25, 0.3) is 0 Å². The fraction of sp³-hybridized carbons (Fsp3) is 0.273. The molecule has 0 spiro atoms. The Morgan fingerprint density at radius 1 is 1.19 bits per heavy atom. The fourth-order valence-electron chi connectivity index (χ4n) is 1.29. The summed E-state index contributed by atoms with van der Waals surface area (Å²) in [5.74, 6) is -1.19. The maximum absolute atomic E-state index is 12.6. The summed E-state index contributed by atoms with van der Waals surface area (Å²) >= 11 is 0. The van der Waals surface area contributed by atoms with Gasteiger partial charge in [-0.3, -0.25) is 0 Å². The third kappa shape index (κ3) is 2.18. The van der Waals surface area contributed by atoms with Crippen molar-refractivity contribution in [1.29, 1.82) is 0 Å². The second kappa shape index (κ2) is 4.30. The predicted molar refractivity (Wildman–Crippen MR) is 53.4 cm³/mol. The van der Waals surface area contributed by atoms with Crippen molar-refractivity contribution in [2.75, 3.05) is 13.1 Å². The number of likely N-dealkylation sites (tertiary alicyclic amines) is 1. The summed E-state index contributed by atoms with van der Waals surface area (Å²) in [6, 6.07) is 4.84. The van der Waals surface area contributed by atoms with Crippen molar-refractivity contribution in [3.63, 3.8) is 0 Å². The SMILES string of the molecule is O=C(OC(=O)N1CCC1)c1ccc(F)cc1. The first-order chi connectivity index (χ1) is 7.66. The van der Waals surface area contributed by atoms with Crippen LogP contribution in [0.4, 0.5) is 9.18 Å². The van der Waals surface area contributed by atoms with Gasteiger partial charge in [-0.15, -0.1) is 0 Å². The lowest BCUT2D eigenvalue weighted by molar-refractivity contribution is 0.0488. The highest BCUT2D eigenvalue weighted by atomic mass is 19.1. The summed E-state index contributed by atoms with van der Waals surface area (Å²) in [6.07, 6.45) is 0.292. The largest absolute Gasteiger partial charge is 0.417 e. The molecule has 0 N–H and O–H groups in total. The second-order valence-electron chi connectivity index (χ2n) is 3.50. The third-order valence-electron chi connectivity index (χ3n) is 2.37. The van der Waals surface area contributed by atoms with Crippen LogP contribution in [0.25, 0.3) is 0 Å². The van der Waals surface area contributed by atoms with Gasteiger partial charge in [0.1, 0.15) is 5.82 Å². The minimum atomic E-state index is -0.753. The van der Waals surface area contributed by atoms with Gasteiger partial charge in [-0.05, 0) is 30.7 Å². The van der Waals surface area contributed by atoms with Crippen LogP contribution in [0.2, 0.25) is 0 Å². The van der Waals surface area contributed by atoms with Crippen LogP contribution in [0, 0.1) is 5.82 Å². The van der Waals surface area contributed by atoms with Crippen LogP contribution in [-0.4, -0.2) is 30.1 Å². The minimum absolute atomic E-state index is 0.162. The first-order valence-corrected chi connectivity index (χ1v) is 4.93. The van der Waals surface area contributed by atoms with E-state index in [9.17, 15) is 14.0 Å². The molecule has 0 aromatic heterocycles. The van der Waals surface area contributed by atoms with E-state index < -0.39 is 17.9 Å². The van der Waals surface area contributed by atoms with Crippen LogP contribution in [-0.2, 0) is 4.74 Å². The molecule has 4 nitrogen and oxygen atoms in total. The maximum atomic E-state index is 12.6. The second-order valence-corrected chi connectivity index (χ2v) is 3.50. The van der Waals surface area contributed by atoms with Gasteiger partial charge in [-0.25, -0.2) is 14.0 Å². The van der Waals surface area contributed by atoms with Gasteiger partial charge in [0.05, 0.1) is 5.56 Å². The molecule has 1 saturated heterocycles. The Labute approximate surface area is 91.6 Å². The molecule has 1 aromatic rings. The molecule has 0 unspecified atom stereocenters. The molecule has 0 bridgehead atoms. The van der Waals surface area contributed by atoms with Crippen LogP contribution >= 0.6 is 0 Å². The molecule has 1 heterocycles. The van der Waals surface area contributed by atoms with E-state index in [1.54, 1.807) is 0 Å². The lowest BCUT2D eigenvalue weighted by Crippen LogP contribution is -2.43. The molecule has 1 aliphatic heterocycles. The number of carbonyl (C=O) groups excluding carboxylic acids is 2. The first kappa shape index (κ1) is 10.6. The fourth-order valence-corrected chi connectivity index (χ4v) is 1.29. The Morgan fingerprint density at radius 2 is 1.81 bits per heavy atom. The zero-order valence-corrected chi connectivity index (χ0v) is 8.48. The molecular weight excluding hydrogens is 213 g/mol. The third-order valence-corrected chi connectivity index (χ3v) is 2.37. The van der Waals surface area contributed by atoms with Gasteiger partial charge in [0.2, 0.25) is 0 Å². The number of amides is 1. The van der Waals surface area contributed by atoms with E-state index in [-0.39, 0.29) is 5.56 Å². The molecule has 1 aliphatic rings. The first-order valence-electron chi connectivity index (χ1n) is 4.93. The van der Waals surface area contributed by atoms with Gasteiger partial charge >= 0.3 is 12.1 Å². The topological polar surface area (TPSA) is 46.6 Å². The van der Waals surface area contributed by atoms with Crippen molar-refractivity contribution in [2.24, 2.45) is 0 Å². The maximum Gasteiger partial charge on any atom is 0.417 e. The number of benzene rings is 1. The van der Waals surface area contributed by atoms with Gasteiger partial charge < -0.3 is 9.64 Å². The Kier molecular flexibility index (Phi) is 2.85. The van der Waals surface area contributed by atoms with Crippen molar-refractivity contribution >= 4 is 12.1 Å². The summed E-state index contributed by atoms with van der Waals surface area (Å²) < 4.78 is 17.2. The van der Waals surface area contributed by atoms with E-state index in [2.05, 4.69) is 4.74 Å². The average Bonchev–Trinajstić information content (AvgIpc) is 2.15. The number of esters is 1. The van der Waals surface area contributed by atoms with Crippen molar-refractivity contribution in [3.05, 3.63) is 35.6 Å². The summed E-state index contributed by atoms with van der Waals surface area (Å²) in [7, 11) is 0. The molecule has 0 atom stereocenters. The molecule has 1 fully saturated rings. The van der Waals surface area contributed by atoms with E-state index in [0.29, 0.717) is 13.1 Å². The van der Waals surface area contributed by atoms with E-state index >= 15 is 0 Å². The molecule has 5 heteroatoms. The van der Waals surface area contributed by atoms with E-state index in [1.807, 2.05) is 0 Å². The van der Waals surface area contributed by atoms with Crippen molar-refractivity contribution in [2.45, 2.75) is 6.42 Å². The molecule has 1 amide bonds. The van der Waals surface area contributed by atoms with Crippen LogP contribution in [0.5, 0.6) is 0 Å². The van der Waals surface area contributed by atoms with Crippen molar-refractivity contribution in [3.8, 4) is 0 Å². The molecule has 16 heavy (non-hydrogen) atoms. The monoisotopic (exact) mass is 223 g/mol. The Hall–Kier alpha value is -1.91. The van der Waals surface area contributed by atoms with Gasteiger partial charge in [-0.1, -0.05) is 0 Å². The smallest absolute Gasteiger partial charge is 0.372 e. The molecule has 2 rings (SSSR count). The number of halogens is 1. The van der Waals surface area contributed by atoms with Crippen LogP contribution in [0.3, 0.4) is 0 Å². The molecule has 0 radical (unpaired) electrons. The molecule has 0 aliphatic carbocycles. The number of carbonyl (C=O) groups is 2. The number of nitrogens with zero attached hydrogens (tertiary/aromatic N) is 1. The molecular formula is C11H10FNO3. The Morgan fingerprint density at radius 3 is 2.31 bits per heavy atom. The van der Waals surface area contributed by atoms with Crippen molar-refractivity contribution < 1.29 is 18.7 Å². The van der Waals surface area contributed by atoms with Crippen LogP contribution < -0.4 is 0 Å². The predicted octanol–water partition coefficient (Wildman–Crippen LogP) is 1.81. The number of ether oxygens (including phenoxy) is 1.